The summed E-state index contributed by atoms with van der Waals surface area (Å²) in [4.78, 5) is 2.10. The van der Waals surface area contributed by atoms with Gasteiger partial charge in [0.1, 0.15) is 48.8 Å². The van der Waals surface area contributed by atoms with Gasteiger partial charge in [0, 0.05) is 19.6 Å². The van der Waals surface area contributed by atoms with Gasteiger partial charge in [0.2, 0.25) is 0 Å². The molecule has 3 fully saturated rings. The van der Waals surface area contributed by atoms with Gasteiger partial charge in [-0.25, -0.2) is 0 Å². The molecule has 3 aliphatic rings. The fraction of sp³-hybridized carbons (Fsp3) is 0.760. The van der Waals surface area contributed by atoms with E-state index < -0.39 is 80.2 Å². The Labute approximate surface area is 220 Å². The van der Waals surface area contributed by atoms with Crippen LogP contribution in [0.4, 0.5) is 0 Å². The summed E-state index contributed by atoms with van der Waals surface area (Å²) in [7, 11) is 0. The van der Waals surface area contributed by atoms with Gasteiger partial charge in [-0.2, -0.15) is 0 Å². The normalized spacial score (nSPS) is 42.7. The minimum Gasteiger partial charge on any atom is -0.394 e. The topological polar surface area (TPSA) is 191 Å². The highest BCUT2D eigenvalue weighted by Gasteiger charge is 2.50. The third-order valence-corrected chi connectivity index (χ3v) is 7.18. The van der Waals surface area contributed by atoms with E-state index in [1.165, 1.54) is 0 Å². The SMILES string of the molecule is CC1OC(COC2CN(Cc3ccccc3)CC(CO)O2)C(O)C(OC2OC(CO)C(O)C(O)C2O)C1O. The average molecular weight is 546 g/mol. The lowest BCUT2D eigenvalue weighted by Gasteiger charge is -2.46. The molecule has 0 aromatic heterocycles. The second-order valence-electron chi connectivity index (χ2n) is 10.0. The minimum atomic E-state index is -1.69. The number of hydrogen-bond donors (Lipinski definition) is 7. The molecule has 0 spiro atoms. The number of benzene rings is 1. The second kappa shape index (κ2) is 13.4. The van der Waals surface area contributed by atoms with E-state index in [-0.39, 0.29) is 13.2 Å². The number of aliphatic hydroxyl groups is 7. The third-order valence-electron chi connectivity index (χ3n) is 7.18. The van der Waals surface area contributed by atoms with Crippen molar-refractivity contribution in [3.05, 3.63) is 35.9 Å². The van der Waals surface area contributed by atoms with Gasteiger partial charge in [0.15, 0.2) is 12.6 Å². The van der Waals surface area contributed by atoms with Crippen molar-refractivity contribution in [2.75, 3.05) is 32.9 Å². The van der Waals surface area contributed by atoms with E-state index in [9.17, 15) is 35.7 Å². The zero-order chi connectivity index (χ0) is 27.4. The number of hydrogen-bond acceptors (Lipinski definition) is 13. The fourth-order valence-corrected chi connectivity index (χ4v) is 4.99. The van der Waals surface area contributed by atoms with Crippen LogP contribution in [0.2, 0.25) is 0 Å². The third kappa shape index (κ3) is 6.88. The summed E-state index contributed by atoms with van der Waals surface area (Å²) >= 11 is 0. The number of aliphatic hydroxyl groups excluding tert-OH is 7. The van der Waals surface area contributed by atoms with Crippen LogP contribution in [0, 0.1) is 0 Å². The average Bonchev–Trinajstić information content (AvgIpc) is 2.92. The van der Waals surface area contributed by atoms with E-state index >= 15 is 0 Å². The molecule has 12 atom stereocenters. The highest BCUT2D eigenvalue weighted by molar-refractivity contribution is 5.14. The standard InChI is InChI=1S/C25H39NO12/c1-13-19(29)24(38-25-23(33)22(32)20(30)16(11-28)37-25)21(31)17(35-13)12-34-18-9-26(8-15(10-27)36-18)7-14-5-3-2-4-6-14/h2-6,13,15-25,27-33H,7-12H2,1H3. The zero-order valence-corrected chi connectivity index (χ0v) is 21.2. The van der Waals surface area contributed by atoms with E-state index in [2.05, 4.69) is 4.90 Å². The van der Waals surface area contributed by atoms with E-state index in [1.54, 1.807) is 6.92 Å². The lowest BCUT2D eigenvalue weighted by molar-refractivity contribution is -0.343. The van der Waals surface area contributed by atoms with Crippen molar-refractivity contribution in [3.63, 3.8) is 0 Å². The van der Waals surface area contributed by atoms with Crippen LogP contribution in [0.3, 0.4) is 0 Å². The maximum absolute atomic E-state index is 11.0. The van der Waals surface area contributed by atoms with Crippen LogP contribution < -0.4 is 0 Å². The predicted octanol–water partition coefficient (Wildman–Crippen LogP) is -3.08. The van der Waals surface area contributed by atoms with E-state index in [0.717, 1.165) is 5.56 Å². The summed E-state index contributed by atoms with van der Waals surface area (Å²) < 4.78 is 28.5. The van der Waals surface area contributed by atoms with Crippen LogP contribution in [0.25, 0.3) is 0 Å². The Morgan fingerprint density at radius 2 is 1.55 bits per heavy atom. The molecule has 0 radical (unpaired) electrons. The van der Waals surface area contributed by atoms with Crippen LogP contribution in [-0.4, -0.2) is 147 Å². The lowest BCUT2D eigenvalue weighted by Crippen LogP contribution is -2.64. The fourth-order valence-electron chi connectivity index (χ4n) is 4.99. The number of morpholine rings is 1. The van der Waals surface area contributed by atoms with Gasteiger partial charge in [-0.15, -0.1) is 0 Å². The highest BCUT2D eigenvalue weighted by atomic mass is 16.7. The zero-order valence-electron chi connectivity index (χ0n) is 21.2. The first-order valence-electron chi connectivity index (χ1n) is 12.8. The molecule has 7 N–H and O–H groups in total. The maximum Gasteiger partial charge on any atom is 0.187 e. The van der Waals surface area contributed by atoms with Crippen LogP contribution >= 0.6 is 0 Å². The van der Waals surface area contributed by atoms with Gasteiger partial charge >= 0.3 is 0 Å². The second-order valence-corrected chi connectivity index (χ2v) is 10.0. The quantitative estimate of drug-likeness (QED) is 0.165. The van der Waals surface area contributed by atoms with Crippen LogP contribution in [0.1, 0.15) is 12.5 Å². The molecule has 0 saturated carbocycles. The van der Waals surface area contributed by atoms with E-state index in [4.69, 9.17) is 23.7 Å². The van der Waals surface area contributed by atoms with Gasteiger partial charge in [-0.1, -0.05) is 30.3 Å². The Bertz CT molecular complexity index is 849. The Morgan fingerprint density at radius 1 is 0.816 bits per heavy atom. The van der Waals surface area contributed by atoms with Crippen molar-refractivity contribution >= 4 is 0 Å². The molecule has 12 unspecified atom stereocenters. The van der Waals surface area contributed by atoms with Crippen molar-refractivity contribution in [1.82, 2.24) is 4.90 Å². The first-order valence-corrected chi connectivity index (χ1v) is 12.8. The molecule has 3 saturated heterocycles. The largest absolute Gasteiger partial charge is 0.394 e. The number of rotatable bonds is 9. The van der Waals surface area contributed by atoms with Crippen molar-refractivity contribution < 1.29 is 59.4 Å². The molecular formula is C25H39NO12. The molecular weight excluding hydrogens is 506 g/mol. The van der Waals surface area contributed by atoms with Gasteiger partial charge in [0.25, 0.3) is 0 Å². The molecule has 1 aromatic carbocycles. The number of ether oxygens (including phenoxy) is 5. The molecule has 0 amide bonds. The van der Waals surface area contributed by atoms with Gasteiger partial charge in [-0.05, 0) is 12.5 Å². The Balaban J connectivity index is 1.37. The highest BCUT2D eigenvalue weighted by Crippen LogP contribution is 2.29. The van der Waals surface area contributed by atoms with Gasteiger partial charge < -0.3 is 59.4 Å². The van der Waals surface area contributed by atoms with Crippen molar-refractivity contribution in [2.45, 2.75) is 87.1 Å². The summed E-state index contributed by atoms with van der Waals surface area (Å²) in [5, 5.41) is 71.0. The Hall–Kier alpha value is -1.30. The molecule has 216 valence electrons. The maximum atomic E-state index is 11.0. The Kier molecular flexibility index (Phi) is 10.4. The molecule has 3 aliphatic heterocycles. The summed E-state index contributed by atoms with van der Waals surface area (Å²) in [5.41, 5.74) is 1.10. The molecule has 0 bridgehead atoms. The van der Waals surface area contributed by atoms with Crippen molar-refractivity contribution in [2.24, 2.45) is 0 Å². The molecule has 0 aliphatic carbocycles. The molecule has 13 heteroatoms. The molecule has 1 aromatic rings. The summed E-state index contributed by atoms with van der Waals surface area (Å²) in [6.45, 7) is 2.19. The number of nitrogens with zero attached hydrogens (tertiary/aromatic N) is 1. The minimum absolute atomic E-state index is 0.130. The summed E-state index contributed by atoms with van der Waals surface area (Å²) in [6.07, 6.45) is -14.6. The molecule has 13 nitrogen and oxygen atoms in total. The molecule has 3 heterocycles. The smallest absolute Gasteiger partial charge is 0.187 e. The van der Waals surface area contributed by atoms with Crippen LogP contribution in [0.15, 0.2) is 30.3 Å². The first kappa shape index (κ1) is 29.7. The van der Waals surface area contributed by atoms with Crippen LogP contribution in [-0.2, 0) is 30.2 Å². The van der Waals surface area contributed by atoms with E-state index in [0.29, 0.717) is 19.6 Å². The summed E-state index contributed by atoms with van der Waals surface area (Å²) in [5.74, 6) is 0. The van der Waals surface area contributed by atoms with Crippen molar-refractivity contribution in [3.8, 4) is 0 Å². The monoisotopic (exact) mass is 545 g/mol. The predicted molar refractivity (Wildman–Crippen MR) is 128 cm³/mol. The molecule has 38 heavy (non-hydrogen) atoms. The van der Waals surface area contributed by atoms with Crippen molar-refractivity contribution in [1.29, 1.82) is 0 Å². The first-order chi connectivity index (χ1) is 18.2. The van der Waals surface area contributed by atoms with Gasteiger partial charge in [0.05, 0.1) is 32.0 Å². The molecule has 4 rings (SSSR count). The summed E-state index contributed by atoms with van der Waals surface area (Å²) in [6, 6.07) is 9.86. The van der Waals surface area contributed by atoms with E-state index in [1.807, 2.05) is 30.3 Å². The Morgan fingerprint density at radius 3 is 2.24 bits per heavy atom. The lowest BCUT2D eigenvalue weighted by atomic mass is 9.94. The van der Waals surface area contributed by atoms with Gasteiger partial charge in [-0.3, -0.25) is 4.90 Å². The van der Waals surface area contributed by atoms with Crippen LogP contribution in [0.5, 0.6) is 0 Å².